The van der Waals surface area contributed by atoms with E-state index in [9.17, 15) is 21.7 Å². The Morgan fingerprint density at radius 2 is 1.54 bits per heavy atom. The molecule has 0 unspecified atom stereocenters. The van der Waals surface area contributed by atoms with Gasteiger partial charge in [0.1, 0.15) is 0 Å². The molecule has 0 amide bonds. The van der Waals surface area contributed by atoms with Crippen molar-refractivity contribution in [1.29, 1.82) is 0 Å². The Labute approximate surface area is 152 Å². The molecule has 140 valence electrons. The number of aromatic nitrogens is 2. The summed E-state index contributed by atoms with van der Waals surface area (Å²) in [6.07, 6.45) is 3.65. The molecular weight excluding hydrogens is 376 g/mol. The van der Waals surface area contributed by atoms with Gasteiger partial charge in [0.15, 0.2) is 9.57 Å². The van der Waals surface area contributed by atoms with Crippen molar-refractivity contribution >= 4 is 19.7 Å². The number of nitrogens with one attached hydrogen (secondary N) is 1. The fraction of sp³-hybridized carbons (Fsp3) is 0.412. The van der Waals surface area contributed by atoms with Crippen LogP contribution in [0.15, 0.2) is 51.3 Å². The molecule has 0 spiro atoms. The van der Waals surface area contributed by atoms with Crippen LogP contribution in [-0.2, 0) is 19.7 Å². The van der Waals surface area contributed by atoms with Crippen LogP contribution in [0.1, 0.15) is 37.7 Å². The number of rotatable bonds is 4. The largest absolute Gasteiger partial charge is 0.382 e. The average Bonchev–Trinajstić information content (AvgIpc) is 2.62. The van der Waals surface area contributed by atoms with Gasteiger partial charge in [-0.1, -0.05) is 37.0 Å². The molecule has 0 bridgehead atoms. The monoisotopic (exact) mass is 397 g/mol. The van der Waals surface area contributed by atoms with E-state index in [-0.39, 0.29) is 14.5 Å². The SMILES string of the molecule is Cc1ccc(S(=O)(=O)c2ccc(S(=O)(=O)C3CCCCC3)[n+](=O)[nH]2)cc1. The number of aryl methyl sites for hydroxylation is 1. The van der Waals surface area contributed by atoms with E-state index >= 15 is 0 Å². The lowest BCUT2D eigenvalue weighted by Gasteiger charge is -2.18. The third-order valence-corrected chi connectivity index (χ3v) is 8.63. The van der Waals surface area contributed by atoms with Crippen molar-refractivity contribution in [2.24, 2.45) is 0 Å². The maximum Gasteiger partial charge on any atom is 0.382 e. The van der Waals surface area contributed by atoms with Crippen molar-refractivity contribution < 1.29 is 21.4 Å². The van der Waals surface area contributed by atoms with Gasteiger partial charge in [0.05, 0.1) is 15.1 Å². The third-order valence-electron chi connectivity index (χ3n) is 4.69. The van der Waals surface area contributed by atoms with Gasteiger partial charge >= 0.3 is 5.03 Å². The van der Waals surface area contributed by atoms with Gasteiger partial charge in [-0.2, -0.15) is 0 Å². The number of hydrogen-bond donors (Lipinski definition) is 1. The number of aromatic amines is 1. The van der Waals surface area contributed by atoms with E-state index in [0.29, 0.717) is 12.8 Å². The van der Waals surface area contributed by atoms with Gasteiger partial charge < -0.3 is 0 Å². The second kappa shape index (κ2) is 6.96. The molecule has 2 aromatic rings. The van der Waals surface area contributed by atoms with Gasteiger partial charge in [0.2, 0.25) is 19.7 Å². The van der Waals surface area contributed by atoms with Crippen molar-refractivity contribution in [3.63, 3.8) is 0 Å². The molecule has 1 N–H and O–H groups in total. The number of nitrogens with zero attached hydrogens (tertiary/aromatic N) is 1. The highest BCUT2D eigenvalue weighted by molar-refractivity contribution is 7.92. The number of benzene rings is 1. The molecule has 0 aliphatic heterocycles. The maximum absolute atomic E-state index is 12.7. The smallest absolute Gasteiger partial charge is 0.217 e. The summed E-state index contributed by atoms with van der Waals surface area (Å²) in [6, 6.07) is 8.41. The molecule has 3 rings (SSSR count). The summed E-state index contributed by atoms with van der Waals surface area (Å²) < 4.78 is 50.7. The first kappa shape index (κ1) is 18.8. The molecule has 9 heteroatoms. The summed E-state index contributed by atoms with van der Waals surface area (Å²) in [5.74, 6) is 0. The van der Waals surface area contributed by atoms with E-state index in [1.54, 1.807) is 12.1 Å². The van der Waals surface area contributed by atoms with Crippen LogP contribution in [0.4, 0.5) is 0 Å². The molecule has 1 aliphatic carbocycles. The lowest BCUT2D eigenvalue weighted by atomic mass is 10.0. The minimum Gasteiger partial charge on any atom is -0.217 e. The van der Waals surface area contributed by atoms with Crippen LogP contribution in [0.25, 0.3) is 0 Å². The summed E-state index contributed by atoms with van der Waals surface area (Å²) in [4.78, 5) is 12.3. The second-order valence-electron chi connectivity index (χ2n) is 6.56. The highest BCUT2D eigenvalue weighted by Crippen LogP contribution is 2.27. The zero-order valence-electron chi connectivity index (χ0n) is 14.4. The zero-order valence-corrected chi connectivity index (χ0v) is 16.0. The van der Waals surface area contributed by atoms with Crippen molar-refractivity contribution in [3.05, 3.63) is 46.9 Å². The van der Waals surface area contributed by atoms with Gasteiger partial charge in [-0.15, -0.1) is 5.10 Å². The molecule has 1 aliphatic rings. The van der Waals surface area contributed by atoms with Crippen molar-refractivity contribution in [2.75, 3.05) is 0 Å². The van der Waals surface area contributed by atoms with E-state index < -0.39 is 30.0 Å². The van der Waals surface area contributed by atoms with Gasteiger partial charge in [0.25, 0.3) is 0 Å². The normalized spacial score (nSPS) is 16.5. The quantitative estimate of drug-likeness (QED) is 0.796. The fourth-order valence-electron chi connectivity index (χ4n) is 3.16. The van der Waals surface area contributed by atoms with Crippen LogP contribution >= 0.6 is 0 Å². The number of hydrogen-bond acceptors (Lipinski definition) is 5. The van der Waals surface area contributed by atoms with Crippen LogP contribution < -0.4 is 4.54 Å². The third kappa shape index (κ3) is 3.45. The Balaban J connectivity index is 2.00. The Morgan fingerprint density at radius 3 is 2.12 bits per heavy atom. The van der Waals surface area contributed by atoms with E-state index in [4.69, 9.17) is 0 Å². The zero-order chi connectivity index (χ0) is 18.9. The van der Waals surface area contributed by atoms with Crippen LogP contribution in [0.5, 0.6) is 0 Å². The molecule has 26 heavy (non-hydrogen) atoms. The van der Waals surface area contributed by atoms with Gasteiger partial charge in [-0.25, -0.2) is 16.8 Å². The molecule has 1 heterocycles. The lowest BCUT2D eigenvalue weighted by molar-refractivity contribution is -0.610. The summed E-state index contributed by atoms with van der Waals surface area (Å²) >= 11 is 0. The molecule has 1 aromatic heterocycles. The molecule has 1 aromatic carbocycles. The predicted octanol–water partition coefficient (Wildman–Crippen LogP) is 2.18. The van der Waals surface area contributed by atoms with Crippen LogP contribution in [0.3, 0.4) is 0 Å². The highest BCUT2D eigenvalue weighted by atomic mass is 32.2. The van der Waals surface area contributed by atoms with Crippen molar-refractivity contribution in [2.45, 2.75) is 59.2 Å². The Hall–Kier alpha value is -2.00. The van der Waals surface area contributed by atoms with Gasteiger partial charge in [0, 0.05) is 6.07 Å². The molecule has 1 fully saturated rings. The first-order chi connectivity index (χ1) is 12.2. The predicted molar refractivity (Wildman–Crippen MR) is 94.8 cm³/mol. The molecule has 0 atom stereocenters. The number of H-pyrrole nitrogens is 1. The average molecular weight is 397 g/mol. The van der Waals surface area contributed by atoms with Crippen LogP contribution in [0, 0.1) is 11.8 Å². The van der Waals surface area contributed by atoms with Gasteiger partial charge in [-0.05, 0) is 38.0 Å². The lowest BCUT2D eigenvalue weighted by Crippen LogP contribution is -2.35. The Morgan fingerprint density at radius 1 is 0.923 bits per heavy atom. The van der Waals surface area contributed by atoms with E-state index in [1.807, 2.05) is 6.92 Å². The van der Waals surface area contributed by atoms with E-state index in [0.717, 1.165) is 37.0 Å². The van der Waals surface area contributed by atoms with Crippen molar-refractivity contribution in [1.82, 2.24) is 5.10 Å². The molecule has 0 radical (unpaired) electrons. The summed E-state index contributed by atoms with van der Waals surface area (Å²) in [5.41, 5.74) is 0.903. The highest BCUT2D eigenvalue weighted by Gasteiger charge is 2.37. The van der Waals surface area contributed by atoms with Crippen molar-refractivity contribution in [3.8, 4) is 0 Å². The number of sulfone groups is 2. The molecule has 7 nitrogen and oxygen atoms in total. The molecule has 0 saturated heterocycles. The van der Waals surface area contributed by atoms with Crippen LogP contribution in [-0.4, -0.2) is 27.2 Å². The Kier molecular flexibility index (Phi) is 5.03. The van der Waals surface area contributed by atoms with E-state index in [1.165, 1.54) is 12.1 Å². The molecule has 1 saturated carbocycles. The summed E-state index contributed by atoms with van der Waals surface area (Å²) in [5, 5.41) is 0.789. The summed E-state index contributed by atoms with van der Waals surface area (Å²) in [7, 11) is -7.74. The standard InChI is InChI=1S/C17H21N2O5S2/c1-13-7-9-15(10-8-13)25(21,22)16-11-12-17(19(20)18-16)26(23,24)14-5-3-2-4-6-14/h7-12,14H,2-6H2,1H3,(H,18,20)/q+1. The van der Waals surface area contributed by atoms with E-state index in [2.05, 4.69) is 5.10 Å². The maximum atomic E-state index is 12.7. The van der Waals surface area contributed by atoms with Crippen LogP contribution in [0.2, 0.25) is 0 Å². The first-order valence-electron chi connectivity index (χ1n) is 8.44. The summed E-state index contributed by atoms with van der Waals surface area (Å²) in [6.45, 7) is 1.83. The topological polar surface area (TPSA) is 107 Å². The Bertz CT molecular complexity index is 1060. The molecular formula is C17H21N2O5S2+. The fourth-order valence-corrected chi connectivity index (χ4v) is 6.19. The minimum absolute atomic E-state index is 0.0298. The first-order valence-corrected chi connectivity index (χ1v) is 11.5. The van der Waals surface area contributed by atoms with Gasteiger partial charge in [-0.3, -0.25) is 0 Å². The second-order valence-corrected chi connectivity index (χ2v) is 10.7. The minimum atomic E-state index is -3.94.